The minimum atomic E-state index is 0.508. The molecule has 0 aliphatic rings. The van der Waals surface area contributed by atoms with Crippen LogP contribution >= 0.6 is 0 Å². The maximum absolute atomic E-state index is 4.77. The van der Waals surface area contributed by atoms with Crippen molar-refractivity contribution in [2.45, 2.75) is 39.7 Å². The number of nitrogens with one attached hydrogen (secondary N) is 1. The van der Waals surface area contributed by atoms with Crippen LogP contribution in [0, 0.1) is 5.92 Å². The van der Waals surface area contributed by atoms with Crippen LogP contribution in [0.5, 0.6) is 0 Å². The molecule has 0 aliphatic carbocycles. The van der Waals surface area contributed by atoms with E-state index < -0.39 is 0 Å². The normalized spacial score (nSPS) is 13.1. The first-order valence-electron chi connectivity index (χ1n) is 7.28. The number of benzene rings is 1. The van der Waals surface area contributed by atoms with Crippen molar-refractivity contribution in [1.29, 1.82) is 0 Å². The van der Waals surface area contributed by atoms with Crippen molar-refractivity contribution in [1.82, 2.24) is 10.3 Å². The van der Waals surface area contributed by atoms with E-state index in [1.165, 1.54) is 17.5 Å². The number of pyridine rings is 1. The average Bonchev–Trinajstić information content (AvgIpc) is 2.43. The highest BCUT2D eigenvalue weighted by molar-refractivity contribution is 5.78. The number of aromatic nitrogens is 1. The first-order valence-corrected chi connectivity index (χ1v) is 7.28. The maximum Gasteiger partial charge on any atom is 0.0705 e. The third-order valence-electron chi connectivity index (χ3n) is 3.55. The zero-order valence-electron chi connectivity index (χ0n) is 12.2. The first-order chi connectivity index (χ1) is 9.20. The molecule has 0 saturated heterocycles. The Hall–Kier alpha value is -1.41. The molecule has 2 heteroatoms. The average molecular weight is 256 g/mol. The topological polar surface area (TPSA) is 24.9 Å². The molecule has 1 aromatic carbocycles. The van der Waals surface area contributed by atoms with Crippen LogP contribution in [0.2, 0.25) is 0 Å². The molecule has 0 spiro atoms. The molecule has 0 bridgehead atoms. The van der Waals surface area contributed by atoms with Gasteiger partial charge in [-0.05, 0) is 31.0 Å². The highest BCUT2D eigenvalue weighted by atomic mass is 14.9. The monoisotopic (exact) mass is 256 g/mol. The van der Waals surface area contributed by atoms with E-state index in [4.69, 9.17) is 4.98 Å². The largest absolute Gasteiger partial charge is 0.313 e. The van der Waals surface area contributed by atoms with E-state index in [0.29, 0.717) is 12.0 Å². The van der Waals surface area contributed by atoms with Crippen LogP contribution in [0.3, 0.4) is 0 Å². The second kappa shape index (κ2) is 6.67. The minimum Gasteiger partial charge on any atom is -0.313 e. The van der Waals surface area contributed by atoms with Crippen molar-refractivity contribution in [2.75, 3.05) is 6.54 Å². The summed E-state index contributed by atoms with van der Waals surface area (Å²) in [6, 6.07) is 13.1. The van der Waals surface area contributed by atoms with Gasteiger partial charge < -0.3 is 5.32 Å². The lowest BCUT2D eigenvalue weighted by Crippen LogP contribution is -2.36. The summed E-state index contributed by atoms with van der Waals surface area (Å²) in [5.41, 5.74) is 2.28. The quantitative estimate of drug-likeness (QED) is 0.850. The van der Waals surface area contributed by atoms with Gasteiger partial charge in [0, 0.05) is 23.5 Å². The molecule has 19 heavy (non-hydrogen) atoms. The molecule has 0 amide bonds. The number of rotatable bonds is 6. The molecule has 0 aliphatic heterocycles. The summed E-state index contributed by atoms with van der Waals surface area (Å²) < 4.78 is 0. The summed E-state index contributed by atoms with van der Waals surface area (Å²) >= 11 is 0. The smallest absolute Gasteiger partial charge is 0.0705 e. The Bertz CT molecular complexity index is 519. The van der Waals surface area contributed by atoms with E-state index in [1.54, 1.807) is 0 Å². The Morgan fingerprint density at radius 3 is 2.63 bits per heavy atom. The highest BCUT2D eigenvalue weighted by Gasteiger charge is 2.13. The summed E-state index contributed by atoms with van der Waals surface area (Å²) in [5.74, 6) is 0.625. The van der Waals surface area contributed by atoms with Crippen LogP contribution in [0.4, 0.5) is 0 Å². The fourth-order valence-corrected chi connectivity index (χ4v) is 2.32. The summed E-state index contributed by atoms with van der Waals surface area (Å²) in [6.07, 6.45) is 2.18. The number of fused-ring (bicyclic) bond motifs is 1. The summed E-state index contributed by atoms with van der Waals surface area (Å²) in [7, 11) is 0. The zero-order chi connectivity index (χ0) is 13.7. The van der Waals surface area contributed by atoms with Crippen molar-refractivity contribution in [3.63, 3.8) is 0 Å². The number of para-hydroxylation sites is 1. The SMILES string of the molecule is CCCNC(Cc1ccc2ccccc2n1)C(C)C. The van der Waals surface area contributed by atoms with Crippen molar-refractivity contribution in [2.24, 2.45) is 5.92 Å². The highest BCUT2D eigenvalue weighted by Crippen LogP contribution is 2.14. The molecule has 1 unspecified atom stereocenters. The van der Waals surface area contributed by atoms with Gasteiger partial charge in [-0.3, -0.25) is 4.98 Å². The lowest BCUT2D eigenvalue weighted by molar-refractivity contribution is 0.395. The molecular weight excluding hydrogens is 232 g/mol. The second-order valence-electron chi connectivity index (χ2n) is 5.50. The molecule has 2 nitrogen and oxygen atoms in total. The molecule has 1 atom stereocenters. The van der Waals surface area contributed by atoms with Crippen molar-refractivity contribution >= 4 is 10.9 Å². The van der Waals surface area contributed by atoms with Gasteiger partial charge in [-0.15, -0.1) is 0 Å². The number of hydrogen-bond donors (Lipinski definition) is 1. The lowest BCUT2D eigenvalue weighted by atomic mass is 9.98. The Balaban J connectivity index is 2.14. The molecule has 0 saturated carbocycles. The Labute approximate surface area is 116 Å². The van der Waals surface area contributed by atoms with Crippen molar-refractivity contribution in [3.05, 3.63) is 42.1 Å². The molecular formula is C17H24N2. The van der Waals surface area contributed by atoms with Gasteiger partial charge in [0.25, 0.3) is 0 Å². The van der Waals surface area contributed by atoms with E-state index in [-0.39, 0.29) is 0 Å². The third kappa shape index (κ3) is 3.77. The lowest BCUT2D eigenvalue weighted by Gasteiger charge is -2.22. The predicted molar refractivity (Wildman–Crippen MR) is 82.4 cm³/mol. The number of nitrogens with zero attached hydrogens (tertiary/aromatic N) is 1. The molecule has 1 N–H and O–H groups in total. The van der Waals surface area contributed by atoms with E-state index >= 15 is 0 Å². The molecule has 2 rings (SSSR count). The van der Waals surface area contributed by atoms with Gasteiger partial charge in [-0.2, -0.15) is 0 Å². The Morgan fingerprint density at radius 1 is 1.11 bits per heavy atom. The van der Waals surface area contributed by atoms with E-state index in [9.17, 15) is 0 Å². The summed E-state index contributed by atoms with van der Waals surface area (Å²) in [6.45, 7) is 7.83. The van der Waals surface area contributed by atoms with Crippen molar-refractivity contribution < 1.29 is 0 Å². The van der Waals surface area contributed by atoms with Crippen LogP contribution in [0.1, 0.15) is 32.9 Å². The van der Waals surface area contributed by atoms with Crippen LogP contribution in [0.25, 0.3) is 10.9 Å². The van der Waals surface area contributed by atoms with Gasteiger partial charge in [0.2, 0.25) is 0 Å². The van der Waals surface area contributed by atoms with E-state index in [2.05, 4.69) is 56.4 Å². The molecule has 102 valence electrons. The van der Waals surface area contributed by atoms with Crippen LogP contribution in [-0.2, 0) is 6.42 Å². The van der Waals surface area contributed by atoms with Gasteiger partial charge in [-0.1, -0.05) is 45.0 Å². The van der Waals surface area contributed by atoms with Crippen LogP contribution in [-0.4, -0.2) is 17.6 Å². The fraction of sp³-hybridized carbons (Fsp3) is 0.471. The molecule has 1 heterocycles. The fourth-order valence-electron chi connectivity index (χ4n) is 2.32. The molecule has 0 fully saturated rings. The van der Waals surface area contributed by atoms with E-state index in [0.717, 1.165) is 18.5 Å². The maximum atomic E-state index is 4.77. The Kier molecular flexibility index (Phi) is 4.92. The second-order valence-corrected chi connectivity index (χ2v) is 5.50. The number of hydrogen-bond acceptors (Lipinski definition) is 2. The van der Waals surface area contributed by atoms with Crippen LogP contribution in [0.15, 0.2) is 36.4 Å². The first kappa shape index (κ1) is 14.0. The summed E-state index contributed by atoms with van der Waals surface area (Å²) in [5, 5.41) is 4.84. The van der Waals surface area contributed by atoms with Crippen molar-refractivity contribution in [3.8, 4) is 0 Å². The molecule has 0 radical (unpaired) electrons. The zero-order valence-corrected chi connectivity index (χ0v) is 12.2. The van der Waals surface area contributed by atoms with E-state index in [1.807, 2.05) is 6.07 Å². The van der Waals surface area contributed by atoms with Crippen LogP contribution < -0.4 is 5.32 Å². The standard InChI is InChI=1S/C17H24N2/c1-4-11-18-17(13(2)3)12-15-10-9-14-7-5-6-8-16(14)19-15/h5-10,13,17-18H,4,11-12H2,1-3H3. The van der Waals surface area contributed by atoms with Gasteiger partial charge in [0.15, 0.2) is 0 Å². The predicted octanol–water partition coefficient (Wildman–Crippen LogP) is 3.80. The van der Waals surface area contributed by atoms with Gasteiger partial charge >= 0.3 is 0 Å². The minimum absolute atomic E-state index is 0.508. The van der Waals surface area contributed by atoms with Gasteiger partial charge in [0.05, 0.1) is 5.52 Å². The Morgan fingerprint density at radius 2 is 1.89 bits per heavy atom. The molecule has 2 aromatic rings. The van der Waals surface area contributed by atoms with Gasteiger partial charge in [0.1, 0.15) is 0 Å². The summed E-state index contributed by atoms with van der Waals surface area (Å²) in [4.78, 5) is 4.77. The molecule has 1 aromatic heterocycles. The van der Waals surface area contributed by atoms with Gasteiger partial charge in [-0.25, -0.2) is 0 Å². The third-order valence-corrected chi connectivity index (χ3v) is 3.55.